The van der Waals surface area contributed by atoms with Crippen LogP contribution in [0.3, 0.4) is 0 Å². The van der Waals surface area contributed by atoms with E-state index in [0.29, 0.717) is 17.3 Å². The first-order valence-electron chi connectivity index (χ1n) is 9.74. The Morgan fingerprint density at radius 2 is 2.04 bits per heavy atom. The summed E-state index contributed by atoms with van der Waals surface area (Å²) in [4.78, 5) is 14.5. The van der Waals surface area contributed by atoms with E-state index >= 15 is 0 Å². The lowest BCUT2D eigenvalue weighted by atomic mass is 10.1. The maximum atomic E-state index is 12.0. The molecule has 0 spiro atoms. The van der Waals surface area contributed by atoms with Gasteiger partial charge in [-0.2, -0.15) is 0 Å². The maximum absolute atomic E-state index is 12.0. The number of carbonyl (C=O) groups is 1. The summed E-state index contributed by atoms with van der Waals surface area (Å²) < 4.78 is 5.10. The molecule has 0 atom stereocenters. The van der Waals surface area contributed by atoms with Crippen LogP contribution in [0.2, 0.25) is 0 Å². The number of nitrogens with one attached hydrogen (secondary N) is 2. The third-order valence-corrected chi connectivity index (χ3v) is 5.20. The van der Waals surface area contributed by atoms with E-state index in [1.54, 1.807) is 13.0 Å². The average molecular weight is 398 g/mol. The molecule has 28 heavy (non-hydrogen) atoms. The quantitative estimate of drug-likeness (QED) is 0.420. The van der Waals surface area contributed by atoms with Gasteiger partial charge in [-0.05, 0) is 68.2 Å². The van der Waals surface area contributed by atoms with Crippen molar-refractivity contribution in [3.63, 3.8) is 0 Å². The van der Waals surface area contributed by atoms with E-state index in [2.05, 4.69) is 39.8 Å². The number of hydrogen-bond donors (Lipinski definition) is 2. The summed E-state index contributed by atoms with van der Waals surface area (Å²) in [6.45, 7) is 6.93. The van der Waals surface area contributed by atoms with Crippen LogP contribution in [0.4, 0.5) is 11.4 Å². The largest absolute Gasteiger partial charge is 0.462 e. The molecule has 5 nitrogen and oxygen atoms in total. The van der Waals surface area contributed by atoms with Crippen LogP contribution in [0.1, 0.15) is 34.8 Å². The minimum absolute atomic E-state index is 0.312. The molecular formula is C22H27N3O2S. The molecule has 0 bridgehead atoms. The summed E-state index contributed by atoms with van der Waals surface area (Å²) in [5.41, 5.74) is 5.00. The number of rotatable bonds is 7. The monoisotopic (exact) mass is 397 g/mol. The molecule has 2 aromatic carbocycles. The van der Waals surface area contributed by atoms with E-state index in [0.717, 1.165) is 43.7 Å². The first-order chi connectivity index (χ1) is 13.6. The average Bonchev–Trinajstić information content (AvgIpc) is 3.10. The second kappa shape index (κ2) is 9.55. The number of benzene rings is 2. The van der Waals surface area contributed by atoms with Crippen LogP contribution in [-0.4, -0.2) is 37.3 Å². The van der Waals surface area contributed by atoms with Crippen LogP contribution >= 0.6 is 12.2 Å². The zero-order valence-electron chi connectivity index (χ0n) is 16.5. The lowest BCUT2D eigenvalue weighted by Crippen LogP contribution is -2.32. The standard InChI is InChI=1S/C22H27N3O2S/c1-3-27-21(26)18-9-6-10-19(16(18)2)24-22(28)23-13-7-14-25-15-12-17-8-4-5-11-20(17)25/h4-6,8-11H,3,7,12-15H2,1-2H3,(H2,23,24,28). The van der Waals surface area contributed by atoms with Crippen LogP contribution in [0.5, 0.6) is 0 Å². The second-order valence-corrected chi connectivity index (χ2v) is 7.21. The van der Waals surface area contributed by atoms with Gasteiger partial charge in [-0.1, -0.05) is 24.3 Å². The van der Waals surface area contributed by atoms with Gasteiger partial charge in [-0.15, -0.1) is 0 Å². The molecule has 1 heterocycles. The van der Waals surface area contributed by atoms with Gasteiger partial charge in [0, 0.05) is 31.0 Å². The topological polar surface area (TPSA) is 53.6 Å². The number of fused-ring (bicyclic) bond motifs is 1. The highest BCUT2D eigenvalue weighted by atomic mass is 32.1. The second-order valence-electron chi connectivity index (χ2n) is 6.80. The molecule has 0 fully saturated rings. The molecular weight excluding hydrogens is 370 g/mol. The number of thiocarbonyl (C=S) groups is 1. The summed E-state index contributed by atoms with van der Waals surface area (Å²) in [6.07, 6.45) is 2.12. The number of ether oxygens (including phenoxy) is 1. The molecule has 0 aliphatic carbocycles. The Hall–Kier alpha value is -2.60. The van der Waals surface area contributed by atoms with Gasteiger partial charge in [0.2, 0.25) is 0 Å². The van der Waals surface area contributed by atoms with Crippen molar-refractivity contribution in [2.75, 3.05) is 36.5 Å². The number of para-hydroxylation sites is 1. The molecule has 1 aliphatic heterocycles. The van der Waals surface area contributed by atoms with E-state index in [4.69, 9.17) is 17.0 Å². The predicted molar refractivity (Wildman–Crippen MR) is 118 cm³/mol. The SMILES string of the molecule is CCOC(=O)c1cccc(NC(=S)NCCCN2CCc3ccccc32)c1C. The van der Waals surface area contributed by atoms with E-state index in [1.807, 2.05) is 19.1 Å². The van der Waals surface area contributed by atoms with Crippen LogP contribution in [-0.2, 0) is 11.2 Å². The Kier molecular flexibility index (Phi) is 6.87. The zero-order chi connectivity index (χ0) is 19.9. The van der Waals surface area contributed by atoms with Crippen LogP contribution in [0, 0.1) is 6.92 Å². The third kappa shape index (κ3) is 4.81. The van der Waals surface area contributed by atoms with Gasteiger partial charge >= 0.3 is 5.97 Å². The normalized spacial score (nSPS) is 12.4. The molecule has 2 aromatic rings. The van der Waals surface area contributed by atoms with Gasteiger partial charge in [0.15, 0.2) is 5.11 Å². The lowest BCUT2D eigenvalue weighted by molar-refractivity contribution is 0.0525. The van der Waals surface area contributed by atoms with Crippen molar-refractivity contribution in [3.05, 3.63) is 59.2 Å². The molecule has 0 aromatic heterocycles. The summed E-state index contributed by atoms with van der Waals surface area (Å²) in [7, 11) is 0. The highest BCUT2D eigenvalue weighted by Crippen LogP contribution is 2.27. The first-order valence-corrected chi connectivity index (χ1v) is 10.2. The minimum Gasteiger partial charge on any atom is -0.462 e. The molecule has 0 amide bonds. The van der Waals surface area contributed by atoms with E-state index in [1.165, 1.54) is 11.3 Å². The van der Waals surface area contributed by atoms with Crippen molar-refractivity contribution in [3.8, 4) is 0 Å². The summed E-state index contributed by atoms with van der Waals surface area (Å²) in [6, 6.07) is 14.1. The van der Waals surface area contributed by atoms with Crippen molar-refractivity contribution < 1.29 is 9.53 Å². The van der Waals surface area contributed by atoms with Crippen LogP contribution in [0.25, 0.3) is 0 Å². The zero-order valence-corrected chi connectivity index (χ0v) is 17.3. The third-order valence-electron chi connectivity index (χ3n) is 4.95. The molecule has 0 unspecified atom stereocenters. The van der Waals surface area contributed by atoms with Gasteiger partial charge in [-0.25, -0.2) is 4.79 Å². The van der Waals surface area contributed by atoms with Gasteiger partial charge in [0.25, 0.3) is 0 Å². The Balaban J connectivity index is 1.46. The minimum atomic E-state index is -0.312. The smallest absolute Gasteiger partial charge is 0.338 e. The molecule has 3 rings (SSSR count). The van der Waals surface area contributed by atoms with Crippen LogP contribution in [0.15, 0.2) is 42.5 Å². The van der Waals surface area contributed by atoms with E-state index in [-0.39, 0.29) is 5.97 Å². The Bertz CT molecular complexity index is 853. The molecule has 0 radical (unpaired) electrons. The Morgan fingerprint density at radius 1 is 1.21 bits per heavy atom. The van der Waals surface area contributed by atoms with E-state index < -0.39 is 0 Å². The predicted octanol–water partition coefficient (Wildman–Crippen LogP) is 3.91. The number of anilines is 2. The van der Waals surface area contributed by atoms with Gasteiger partial charge in [0.05, 0.1) is 12.2 Å². The molecule has 0 saturated carbocycles. The molecule has 6 heteroatoms. The fraction of sp³-hybridized carbons (Fsp3) is 0.364. The van der Waals surface area contributed by atoms with Crippen molar-refractivity contribution in [1.82, 2.24) is 5.32 Å². The number of carbonyl (C=O) groups excluding carboxylic acids is 1. The number of esters is 1. The van der Waals surface area contributed by atoms with Gasteiger partial charge < -0.3 is 20.3 Å². The van der Waals surface area contributed by atoms with Gasteiger partial charge in [0.1, 0.15) is 0 Å². The fourth-order valence-electron chi connectivity index (χ4n) is 3.48. The molecule has 148 valence electrons. The first kappa shape index (κ1) is 20.1. The van der Waals surface area contributed by atoms with Gasteiger partial charge in [-0.3, -0.25) is 0 Å². The summed E-state index contributed by atoms with van der Waals surface area (Å²) >= 11 is 5.42. The molecule has 2 N–H and O–H groups in total. The highest BCUT2D eigenvalue weighted by molar-refractivity contribution is 7.80. The number of hydrogen-bond acceptors (Lipinski definition) is 4. The van der Waals surface area contributed by atoms with E-state index in [9.17, 15) is 4.79 Å². The van der Waals surface area contributed by atoms with Crippen molar-refractivity contribution in [2.45, 2.75) is 26.7 Å². The van der Waals surface area contributed by atoms with Crippen molar-refractivity contribution >= 4 is 34.7 Å². The number of nitrogens with zero attached hydrogens (tertiary/aromatic N) is 1. The highest BCUT2D eigenvalue weighted by Gasteiger charge is 2.17. The fourth-order valence-corrected chi connectivity index (χ4v) is 3.69. The summed E-state index contributed by atoms with van der Waals surface area (Å²) in [5.74, 6) is -0.312. The van der Waals surface area contributed by atoms with Crippen molar-refractivity contribution in [2.24, 2.45) is 0 Å². The van der Waals surface area contributed by atoms with Crippen molar-refractivity contribution in [1.29, 1.82) is 0 Å². The molecule has 1 aliphatic rings. The maximum Gasteiger partial charge on any atom is 0.338 e. The summed E-state index contributed by atoms with van der Waals surface area (Å²) in [5, 5.41) is 7.01. The van der Waals surface area contributed by atoms with Crippen LogP contribution < -0.4 is 15.5 Å². The lowest BCUT2D eigenvalue weighted by Gasteiger charge is -2.20. The Morgan fingerprint density at radius 3 is 2.86 bits per heavy atom. The molecule has 0 saturated heterocycles. The Labute approximate surface area is 172 Å².